The van der Waals surface area contributed by atoms with E-state index >= 15 is 0 Å². The molecule has 0 aliphatic heterocycles. The zero-order valence-electron chi connectivity index (χ0n) is 18.2. The van der Waals surface area contributed by atoms with E-state index in [9.17, 15) is 9.50 Å². The van der Waals surface area contributed by atoms with Gasteiger partial charge in [-0.1, -0.05) is 37.3 Å². The zero-order valence-corrected chi connectivity index (χ0v) is 18.2. The lowest BCUT2D eigenvalue weighted by Gasteiger charge is -2.25. The third kappa shape index (κ3) is 5.51. The Morgan fingerprint density at radius 2 is 1.87 bits per heavy atom. The fourth-order valence-electron chi connectivity index (χ4n) is 3.78. The van der Waals surface area contributed by atoms with Gasteiger partial charge in [0.15, 0.2) is 0 Å². The maximum absolute atomic E-state index is 13.4. The number of benzene rings is 2. The molecule has 1 saturated carbocycles. The summed E-state index contributed by atoms with van der Waals surface area (Å²) in [5.74, 6) is 1.60. The minimum absolute atomic E-state index is 0.299. The average Bonchev–Trinajstić information content (AvgIpc) is 3.54. The van der Waals surface area contributed by atoms with Crippen LogP contribution in [0.25, 0.3) is 11.3 Å². The maximum atomic E-state index is 13.4. The molecule has 1 unspecified atom stereocenters. The van der Waals surface area contributed by atoms with Gasteiger partial charge in [0.1, 0.15) is 17.3 Å². The Kier molecular flexibility index (Phi) is 6.68. The zero-order chi connectivity index (χ0) is 21.8. The molecular formula is C25H30FN3O2. The van der Waals surface area contributed by atoms with Gasteiger partial charge in [-0.2, -0.15) is 5.10 Å². The van der Waals surface area contributed by atoms with Crippen molar-refractivity contribution in [3.05, 3.63) is 66.0 Å². The number of nitrogens with zero attached hydrogens (tertiary/aromatic N) is 3. The molecule has 1 N–H and O–H groups in total. The fourth-order valence-corrected chi connectivity index (χ4v) is 3.78. The molecule has 0 radical (unpaired) electrons. The molecule has 0 bridgehead atoms. The molecule has 0 amide bonds. The third-order valence-corrected chi connectivity index (χ3v) is 5.70. The fraction of sp³-hybridized carbons (Fsp3) is 0.400. The van der Waals surface area contributed by atoms with Crippen molar-refractivity contribution in [2.45, 2.75) is 38.8 Å². The molecule has 164 valence electrons. The predicted molar refractivity (Wildman–Crippen MR) is 119 cm³/mol. The highest BCUT2D eigenvalue weighted by molar-refractivity contribution is 5.65. The van der Waals surface area contributed by atoms with E-state index in [1.54, 1.807) is 16.8 Å². The van der Waals surface area contributed by atoms with E-state index in [2.05, 4.69) is 4.90 Å². The van der Waals surface area contributed by atoms with Crippen LogP contribution in [0.1, 0.15) is 31.7 Å². The van der Waals surface area contributed by atoms with Crippen molar-refractivity contribution in [2.24, 2.45) is 13.0 Å². The molecule has 6 heteroatoms. The first-order valence-electron chi connectivity index (χ1n) is 11.0. The van der Waals surface area contributed by atoms with E-state index in [0.29, 0.717) is 30.6 Å². The van der Waals surface area contributed by atoms with Gasteiger partial charge in [0.2, 0.25) is 5.88 Å². The molecule has 4 rings (SSSR count). The largest absolute Gasteiger partial charge is 0.439 e. The summed E-state index contributed by atoms with van der Waals surface area (Å²) in [6, 6.07) is 16.1. The smallest absolute Gasteiger partial charge is 0.222 e. The number of ether oxygens (including phenoxy) is 1. The minimum atomic E-state index is -0.364. The normalized spacial score (nSPS) is 14.7. The van der Waals surface area contributed by atoms with E-state index in [1.165, 1.54) is 25.0 Å². The molecule has 5 nitrogen and oxygen atoms in total. The van der Waals surface area contributed by atoms with Gasteiger partial charge in [-0.15, -0.1) is 0 Å². The van der Waals surface area contributed by atoms with Crippen molar-refractivity contribution < 1.29 is 14.2 Å². The SMILES string of the molecule is CCC(O)CN(Cc1c(-c2ccccc2)nn(C)c1Oc1ccc(F)cc1)CC1CC1. The highest BCUT2D eigenvalue weighted by Gasteiger charge is 2.28. The third-order valence-electron chi connectivity index (χ3n) is 5.70. The van der Waals surface area contributed by atoms with Crippen LogP contribution in [0.15, 0.2) is 54.6 Å². The highest BCUT2D eigenvalue weighted by Crippen LogP contribution is 2.36. The number of hydrogen-bond acceptors (Lipinski definition) is 4. The summed E-state index contributed by atoms with van der Waals surface area (Å²) in [5.41, 5.74) is 2.86. The van der Waals surface area contributed by atoms with E-state index in [4.69, 9.17) is 9.84 Å². The van der Waals surface area contributed by atoms with Crippen LogP contribution in [0.5, 0.6) is 11.6 Å². The second kappa shape index (κ2) is 9.62. The number of aliphatic hydroxyl groups excluding tert-OH is 1. The van der Waals surface area contributed by atoms with Gasteiger partial charge in [-0.05, 0) is 49.4 Å². The summed E-state index contributed by atoms with van der Waals surface area (Å²) in [6.45, 7) is 4.20. The lowest BCUT2D eigenvalue weighted by atomic mass is 10.1. The Labute approximate surface area is 183 Å². The van der Waals surface area contributed by atoms with Gasteiger partial charge < -0.3 is 9.84 Å². The number of rotatable bonds is 10. The van der Waals surface area contributed by atoms with Crippen LogP contribution in [-0.4, -0.2) is 39.0 Å². The summed E-state index contributed by atoms with van der Waals surface area (Å²) in [4.78, 5) is 2.31. The van der Waals surface area contributed by atoms with Gasteiger partial charge in [-0.25, -0.2) is 9.07 Å². The lowest BCUT2D eigenvalue weighted by molar-refractivity contribution is 0.102. The molecule has 1 fully saturated rings. The van der Waals surface area contributed by atoms with Gasteiger partial charge in [0, 0.05) is 32.2 Å². The van der Waals surface area contributed by atoms with Gasteiger partial charge in [0.05, 0.1) is 11.7 Å². The maximum Gasteiger partial charge on any atom is 0.222 e. The van der Waals surface area contributed by atoms with Crippen LogP contribution >= 0.6 is 0 Å². The molecule has 1 atom stereocenters. The summed E-state index contributed by atoms with van der Waals surface area (Å²) in [6.07, 6.45) is 2.85. The number of aliphatic hydroxyl groups is 1. The molecule has 1 aromatic heterocycles. The molecule has 0 spiro atoms. The van der Waals surface area contributed by atoms with Crippen molar-refractivity contribution in [1.82, 2.24) is 14.7 Å². The first-order valence-corrected chi connectivity index (χ1v) is 11.0. The van der Waals surface area contributed by atoms with Crippen LogP contribution in [-0.2, 0) is 13.6 Å². The van der Waals surface area contributed by atoms with Crippen LogP contribution in [0.4, 0.5) is 4.39 Å². The van der Waals surface area contributed by atoms with Crippen LogP contribution in [0.3, 0.4) is 0 Å². The number of hydrogen-bond donors (Lipinski definition) is 1. The van der Waals surface area contributed by atoms with Gasteiger partial charge >= 0.3 is 0 Å². The van der Waals surface area contributed by atoms with Crippen molar-refractivity contribution >= 4 is 0 Å². The van der Waals surface area contributed by atoms with E-state index in [-0.39, 0.29) is 11.9 Å². The van der Waals surface area contributed by atoms with Crippen LogP contribution in [0, 0.1) is 11.7 Å². The summed E-state index contributed by atoms with van der Waals surface area (Å²) in [5, 5.41) is 15.1. The minimum Gasteiger partial charge on any atom is -0.439 e. The quantitative estimate of drug-likeness (QED) is 0.499. The average molecular weight is 424 g/mol. The monoisotopic (exact) mass is 423 g/mol. The van der Waals surface area contributed by atoms with E-state index in [1.807, 2.05) is 44.3 Å². The van der Waals surface area contributed by atoms with Crippen LogP contribution < -0.4 is 4.74 Å². The topological polar surface area (TPSA) is 50.5 Å². The Morgan fingerprint density at radius 3 is 2.52 bits per heavy atom. The molecule has 2 aromatic carbocycles. The van der Waals surface area contributed by atoms with Crippen LogP contribution in [0.2, 0.25) is 0 Å². The predicted octanol–water partition coefficient (Wildman–Crippen LogP) is 5.00. The highest BCUT2D eigenvalue weighted by atomic mass is 19.1. The summed E-state index contributed by atoms with van der Waals surface area (Å²) in [7, 11) is 1.86. The molecule has 3 aromatic rings. The summed E-state index contributed by atoms with van der Waals surface area (Å²) < 4.78 is 21.3. The second-order valence-electron chi connectivity index (χ2n) is 8.38. The van der Waals surface area contributed by atoms with Crippen molar-refractivity contribution in [3.63, 3.8) is 0 Å². The Bertz CT molecular complexity index is 984. The molecule has 0 saturated heterocycles. The lowest BCUT2D eigenvalue weighted by Crippen LogP contribution is -2.33. The van der Waals surface area contributed by atoms with Crippen molar-refractivity contribution in [2.75, 3.05) is 13.1 Å². The van der Waals surface area contributed by atoms with E-state index < -0.39 is 0 Å². The number of aryl methyl sites for hydroxylation is 1. The number of aromatic nitrogens is 2. The first kappa shape index (κ1) is 21.5. The Hall–Kier alpha value is -2.70. The molecule has 31 heavy (non-hydrogen) atoms. The van der Waals surface area contributed by atoms with Crippen molar-refractivity contribution in [3.8, 4) is 22.9 Å². The molecule has 1 heterocycles. The van der Waals surface area contributed by atoms with E-state index in [0.717, 1.165) is 29.8 Å². The Balaban J connectivity index is 1.70. The number of halogens is 1. The Morgan fingerprint density at radius 1 is 1.16 bits per heavy atom. The molecular weight excluding hydrogens is 393 g/mol. The second-order valence-corrected chi connectivity index (χ2v) is 8.38. The van der Waals surface area contributed by atoms with Gasteiger partial charge in [0.25, 0.3) is 0 Å². The summed E-state index contributed by atoms with van der Waals surface area (Å²) >= 11 is 0. The van der Waals surface area contributed by atoms with Gasteiger partial charge in [-0.3, -0.25) is 4.90 Å². The molecule has 1 aliphatic carbocycles. The molecule has 1 aliphatic rings. The van der Waals surface area contributed by atoms with Crippen molar-refractivity contribution in [1.29, 1.82) is 0 Å². The first-order chi connectivity index (χ1) is 15.0. The standard InChI is InChI=1S/C25H30FN3O2/c1-3-21(30)16-29(15-18-9-10-18)17-23-24(19-7-5-4-6-8-19)27-28(2)25(23)31-22-13-11-20(26)12-14-22/h4-8,11-14,18,21,30H,3,9-10,15-17H2,1-2H3.